The van der Waals surface area contributed by atoms with Crippen LogP contribution in [0.2, 0.25) is 0 Å². The number of aryl methyl sites for hydroxylation is 1. The van der Waals surface area contributed by atoms with Crippen LogP contribution in [0.4, 0.5) is 0 Å². The topological polar surface area (TPSA) is 62.3 Å². The van der Waals surface area contributed by atoms with E-state index >= 15 is 0 Å². The van der Waals surface area contributed by atoms with Crippen LogP contribution in [0.5, 0.6) is 0 Å². The van der Waals surface area contributed by atoms with Gasteiger partial charge in [-0.1, -0.05) is 60.2 Å². The Bertz CT molecular complexity index is 1090. The molecule has 0 spiro atoms. The van der Waals surface area contributed by atoms with Crippen molar-refractivity contribution >= 4 is 11.8 Å². The lowest BCUT2D eigenvalue weighted by Gasteiger charge is -2.28. The maximum atomic E-state index is 13.2. The summed E-state index contributed by atoms with van der Waals surface area (Å²) in [5.74, 6) is 0.115. The highest BCUT2D eigenvalue weighted by Gasteiger charge is 2.45. The quantitative estimate of drug-likeness (QED) is 0.598. The molecule has 0 unspecified atom stereocenters. The second kappa shape index (κ2) is 9.99. The number of amides is 2. The van der Waals surface area contributed by atoms with Gasteiger partial charge in [0.1, 0.15) is 0 Å². The Kier molecular flexibility index (Phi) is 6.87. The molecule has 4 rings (SSSR count). The summed E-state index contributed by atoms with van der Waals surface area (Å²) >= 11 is 0. The Hall–Kier alpha value is -3.47. The summed E-state index contributed by atoms with van der Waals surface area (Å²) in [7, 11) is 0. The summed E-state index contributed by atoms with van der Waals surface area (Å²) in [5, 5.41) is 3.02. The first-order valence-corrected chi connectivity index (χ1v) is 11.6. The van der Waals surface area contributed by atoms with Gasteiger partial charge in [0, 0.05) is 32.0 Å². The van der Waals surface area contributed by atoms with E-state index in [4.69, 9.17) is 0 Å². The van der Waals surface area contributed by atoms with Crippen LogP contribution in [0.15, 0.2) is 73.1 Å². The van der Waals surface area contributed by atoms with Crippen molar-refractivity contribution in [2.24, 2.45) is 5.41 Å². The van der Waals surface area contributed by atoms with Crippen molar-refractivity contribution in [3.05, 3.63) is 89.7 Å². The minimum atomic E-state index is -0.602. The van der Waals surface area contributed by atoms with Crippen LogP contribution in [0.3, 0.4) is 0 Å². The molecule has 33 heavy (non-hydrogen) atoms. The largest absolute Gasteiger partial charge is 0.356 e. The van der Waals surface area contributed by atoms with Crippen molar-refractivity contribution in [1.29, 1.82) is 0 Å². The molecule has 170 valence electrons. The second-order valence-corrected chi connectivity index (χ2v) is 8.98. The van der Waals surface area contributed by atoms with E-state index in [1.54, 1.807) is 6.20 Å². The molecule has 1 N–H and O–H groups in total. The smallest absolute Gasteiger partial charge is 0.228 e. The van der Waals surface area contributed by atoms with Crippen LogP contribution < -0.4 is 5.32 Å². The normalized spacial score (nSPS) is 17.7. The Labute approximate surface area is 195 Å². The van der Waals surface area contributed by atoms with Crippen LogP contribution >= 0.6 is 0 Å². The van der Waals surface area contributed by atoms with Gasteiger partial charge in [-0.15, -0.1) is 0 Å². The maximum Gasteiger partial charge on any atom is 0.228 e. The molecular formula is C28H31N3O2. The standard InChI is InChI=1S/C28H31N3O2/c1-3-30-27(33)28(18-23-10-12-24(13-11-23)25-5-4-15-29-19-25)14-16-31(20-28)26(32)17-22-8-6-21(2)7-9-22/h4-13,15,19H,3,14,16-18,20H2,1-2H3,(H,30,33)/t28-/m1/s1. The fourth-order valence-corrected chi connectivity index (χ4v) is 4.57. The SMILES string of the molecule is CCNC(=O)[C@@]1(Cc2ccc(-c3cccnc3)cc2)CCN(C(=O)Cc2ccc(C)cc2)C1. The van der Waals surface area contributed by atoms with Gasteiger partial charge in [-0.05, 0) is 55.0 Å². The number of aromatic nitrogens is 1. The zero-order valence-electron chi connectivity index (χ0n) is 19.4. The third kappa shape index (κ3) is 5.30. The molecule has 1 fully saturated rings. The van der Waals surface area contributed by atoms with Gasteiger partial charge < -0.3 is 10.2 Å². The number of likely N-dealkylation sites (tertiary alicyclic amines) is 1. The Morgan fingerprint density at radius 2 is 1.73 bits per heavy atom. The average molecular weight is 442 g/mol. The molecule has 5 heteroatoms. The van der Waals surface area contributed by atoms with Gasteiger partial charge in [0.25, 0.3) is 0 Å². The van der Waals surface area contributed by atoms with Crippen molar-refractivity contribution in [2.75, 3.05) is 19.6 Å². The summed E-state index contributed by atoms with van der Waals surface area (Å²) in [5.41, 5.74) is 4.84. The number of carbonyl (C=O) groups is 2. The molecule has 0 aliphatic carbocycles. The van der Waals surface area contributed by atoms with Gasteiger partial charge in [-0.2, -0.15) is 0 Å². The zero-order chi connectivity index (χ0) is 23.3. The third-order valence-electron chi connectivity index (χ3n) is 6.49. The number of carbonyl (C=O) groups excluding carboxylic acids is 2. The fourth-order valence-electron chi connectivity index (χ4n) is 4.57. The van der Waals surface area contributed by atoms with E-state index in [0.29, 0.717) is 38.9 Å². The molecule has 2 amide bonds. The van der Waals surface area contributed by atoms with Crippen molar-refractivity contribution in [2.45, 2.75) is 33.1 Å². The first-order chi connectivity index (χ1) is 16.0. The molecule has 1 saturated heterocycles. The molecule has 0 radical (unpaired) electrons. The van der Waals surface area contributed by atoms with Crippen LogP contribution in [0.25, 0.3) is 11.1 Å². The van der Waals surface area contributed by atoms with E-state index < -0.39 is 5.41 Å². The molecule has 5 nitrogen and oxygen atoms in total. The summed E-state index contributed by atoms with van der Waals surface area (Å²) in [6, 6.07) is 20.3. The van der Waals surface area contributed by atoms with Crippen molar-refractivity contribution in [1.82, 2.24) is 15.2 Å². The molecule has 3 aromatic rings. The molecule has 2 heterocycles. The molecule has 0 saturated carbocycles. The van der Waals surface area contributed by atoms with Gasteiger partial charge in [-0.3, -0.25) is 14.6 Å². The average Bonchev–Trinajstić information content (AvgIpc) is 3.27. The van der Waals surface area contributed by atoms with Crippen LogP contribution in [-0.2, 0) is 22.4 Å². The number of benzene rings is 2. The van der Waals surface area contributed by atoms with Crippen LogP contribution in [-0.4, -0.2) is 41.3 Å². The molecule has 0 bridgehead atoms. The Morgan fingerprint density at radius 1 is 1.00 bits per heavy atom. The first kappa shape index (κ1) is 22.7. The number of rotatable bonds is 7. The molecule has 1 aromatic heterocycles. The number of hydrogen-bond acceptors (Lipinski definition) is 3. The molecule has 1 atom stereocenters. The van der Waals surface area contributed by atoms with Crippen LogP contribution in [0, 0.1) is 12.3 Å². The molecule has 1 aliphatic rings. The van der Waals surface area contributed by atoms with Gasteiger partial charge in [0.2, 0.25) is 11.8 Å². The number of nitrogens with one attached hydrogen (secondary N) is 1. The lowest BCUT2D eigenvalue weighted by molar-refractivity contribution is -0.132. The predicted molar refractivity (Wildman–Crippen MR) is 131 cm³/mol. The van der Waals surface area contributed by atoms with Gasteiger partial charge >= 0.3 is 0 Å². The lowest BCUT2D eigenvalue weighted by Crippen LogP contribution is -2.45. The zero-order valence-corrected chi connectivity index (χ0v) is 19.4. The highest BCUT2D eigenvalue weighted by Crippen LogP contribution is 2.35. The first-order valence-electron chi connectivity index (χ1n) is 11.6. The minimum absolute atomic E-state index is 0.0342. The summed E-state index contributed by atoms with van der Waals surface area (Å²) in [6.45, 7) is 5.61. The maximum absolute atomic E-state index is 13.2. The fraction of sp³-hybridized carbons (Fsp3) is 0.321. The minimum Gasteiger partial charge on any atom is -0.356 e. The van der Waals surface area contributed by atoms with E-state index in [1.807, 2.05) is 61.3 Å². The third-order valence-corrected chi connectivity index (χ3v) is 6.49. The lowest BCUT2D eigenvalue weighted by atomic mass is 9.79. The van der Waals surface area contributed by atoms with E-state index in [0.717, 1.165) is 22.3 Å². The number of pyridine rings is 1. The molecular weight excluding hydrogens is 410 g/mol. The highest BCUT2D eigenvalue weighted by molar-refractivity contribution is 5.86. The number of nitrogens with zero attached hydrogens (tertiary/aromatic N) is 2. The van der Waals surface area contributed by atoms with E-state index in [-0.39, 0.29) is 11.8 Å². The Balaban J connectivity index is 1.49. The van der Waals surface area contributed by atoms with E-state index in [2.05, 4.69) is 34.6 Å². The van der Waals surface area contributed by atoms with Gasteiger partial charge in [0.15, 0.2) is 0 Å². The molecule has 1 aliphatic heterocycles. The molecule has 2 aromatic carbocycles. The van der Waals surface area contributed by atoms with E-state index in [1.165, 1.54) is 5.56 Å². The van der Waals surface area contributed by atoms with Crippen molar-refractivity contribution in [3.8, 4) is 11.1 Å². The van der Waals surface area contributed by atoms with Gasteiger partial charge in [0.05, 0.1) is 11.8 Å². The van der Waals surface area contributed by atoms with Crippen molar-refractivity contribution < 1.29 is 9.59 Å². The van der Waals surface area contributed by atoms with Crippen LogP contribution in [0.1, 0.15) is 30.0 Å². The summed E-state index contributed by atoms with van der Waals surface area (Å²) in [6.07, 6.45) is 5.26. The number of hydrogen-bond donors (Lipinski definition) is 1. The second-order valence-electron chi connectivity index (χ2n) is 8.98. The monoisotopic (exact) mass is 441 g/mol. The van der Waals surface area contributed by atoms with E-state index in [9.17, 15) is 9.59 Å². The van der Waals surface area contributed by atoms with Gasteiger partial charge in [-0.25, -0.2) is 0 Å². The summed E-state index contributed by atoms with van der Waals surface area (Å²) in [4.78, 5) is 32.2. The Morgan fingerprint density at radius 3 is 2.39 bits per heavy atom. The van der Waals surface area contributed by atoms with Crippen molar-refractivity contribution in [3.63, 3.8) is 0 Å². The highest BCUT2D eigenvalue weighted by atomic mass is 16.2. The predicted octanol–water partition coefficient (Wildman–Crippen LogP) is 4.20. The summed E-state index contributed by atoms with van der Waals surface area (Å²) < 4.78 is 0.